The normalized spacial score (nSPS) is 14.2. The number of alkyl halides is 9. The van der Waals surface area contributed by atoms with Crippen molar-refractivity contribution in [2.24, 2.45) is 0 Å². The van der Waals surface area contributed by atoms with E-state index in [-0.39, 0.29) is 29.0 Å². The molecular weight excluding hydrogens is 572 g/mol. The van der Waals surface area contributed by atoms with Crippen LogP contribution in [0.3, 0.4) is 0 Å². The van der Waals surface area contributed by atoms with Gasteiger partial charge in [0, 0.05) is 17.2 Å². The predicted octanol–water partition coefficient (Wildman–Crippen LogP) is 6.95. The maximum absolute atomic E-state index is 14.8. The van der Waals surface area contributed by atoms with Crippen molar-refractivity contribution < 1.29 is 44.4 Å². The summed E-state index contributed by atoms with van der Waals surface area (Å²) in [5.74, 6) is -6.93. The molecule has 0 radical (unpaired) electrons. The summed E-state index contributed by atoms with van der Waals surface area (Å²) in [4.78, 5) is 10.3. The van der Waals surface area contributed by atoms with Crippen LogP contribution in [0.4, 0.5) is 45.2 Å². The third kappa shape index (κ3) is 4.53. The van der Waals surface area contributed by atoms with E-state index in [1.807, 2.05) is 0 Å². The molecule has 0 amide bonds. The van der Waals surface area contributed by atoms with Crippen LogP contribution >= 0.6 is 23.2 Å². The first kappa shape index (κ1) is 28.0. The maximum atomic E-state index is 14.8. The highest BCUT2D eigenvalue weighted by Gasteiger charge is 2.81. The fraction of sp³-hybridized carbons (Fsp3) is 0.211. The molecule has 37 heavy (non-hydrogen) atoms. The summed E-state index contributed by atoms with van der Waals surface area (Å²) in [5.41, 5.74) is -10.1. The lowest BCUT2D eigenvalue weighted by atomic mass is 9.87. The van der Waals surface area contributed by atoms with E-state index in [0.29, 0.717) is 4.68 Å². The Labute approximate surface area is 208 Å². The highest BCUT2D eigenvalue weighted by molar-refractivity contribution is 6.37. The molecule has 1 unspecified atom stereocenters. The summed E-state index contributed by atoms with van der Waals surface area (Å²) in [6.45, 7) is 0. The van der Waals surface area contributed by atoms with Crippen LogP contribution < -0.4 is 0 Å². The molecule has 3 rings (SSSR count). The van der Waals surface area contributed by atoms with Crippen LogP contribution in [0.5, 0.6) is 0 Å². The Morgan fingerprint density at radius 2 is 1.51 bits per heavy atom. The third-order valence-electron chi connectivity index (χ3n) is 4.93. The molecule has 1 atom stereocenters. The number of aromatic nitrogens is 3. The van der Waals surface area contributed by atoms with Crippen molar-refractivity contribution in [1.82, 2.24) is 15.0 Å². The smallest absolute Gasteiger partial charge is 0.258 e. The lowest BCUT2D eigenvalue weighted by molar-refractivity contribution is -0.389. The average Bonchev–Trinajstić information content (AvgIpc) is 3.25. The minimum Gasteiger partial charge on any atom is -0.258 e. The predicted molar refractivity (Wildman–Crippen MR) is 108 cm³/mol. The monoisotopic (exact) mass is 577 g/mol. The number of benzene rings is 2. The van der Waals surface area contributed by atoms with Gasteiger partial charge < -0.3 is 0 Å². The molecule has 0 bridgehead atoms. The van der Waals surface area contributed by atoms with Crippen molar-refractivity contribution in [2.75, 3.05) is 0 Å². The van der Waals surface area contributed by atoms with Gasteiger partial charge in [0.15, 0.2) is 0 Å². The van der Waals surface area contributed by atoms with Gasteiger partial charge in [-0.15, -0.1) is 5.10 Å². The van der Waals surface area contributed by atoms with Crippen molar-refractivity contribution in [3.63, 3.8) is 0 Å². The first-order chi connectivity index (χ1) is 16.9. The van der Waals surface area contributed by atoms with Crippen molar-refractivity contribution in [1.29, 1.82) is 5.26 Å². The van der Waals surface area contributed by atoms with E-state index in [2.05, 4.69) is 10.3 Å². The van der Waals surface area contributed by atoms with Crippen LogP contribution in [0, 0.1) is 21.4 Å². The van der Waals surface area contributed by atoms with Gasteiger partial charge >= 0.3 is 23.9 Å². The Kier molecular flexibility index (Phi) is 6.86. The van der Waals surface area contributed by atoms with Crippen molar-refractivity contribution in [3.05, 3.63) is 67.8 Å². The minimum absolute atomic E-state index is 0.0190. The molecule has 0 aliphatic heterocycles. The van der Waals surface area contributed by atoms with E-state index in [4.69, 9.17) is 28.5 Å². The second-order valence-corrected chi connectivity index (χ2v) is 7.98. The number of nitro benzene ring substituents is 1. The molecule has 18 heteroatoms. The number of hydrogen-bond acceptors (Lipinski definition) is 5. The molecule has 0 saturated heterocycles. The Bertz CT molecular complexity index is 1410. The highest BCUT2D eigenvalue weighted by atomic mass is 35.5. The fourth-order valence-corrected chi connectivity index (χ4v) is 3.80. The standard InChI is InChI=1S/C19H6Cl2F9N5O2/c20-11-4-10(16(22,18(25,26)27)17(23,24)19(28,29)30)5-12(21)15(11)34-7-13(32-33-34)8-1-2-9(6-31)14(3-8)35(36)37/h1-5,7H. The Balaban J connectivity index is 2.14. The van der Waals surface area contributed by atoms with Crippen molar-refractivity contribution >= 4 is 28.9 Å². The second-order valence-electron chi connectivity index (χ2n) is 7.17. The zero-order valence-corrected chi connectivity index (χ0v) is 18.7. The van der Waals surface area contributed by atoms with Crippen LogP contribution in [-0.2, 0) is 5.67 Å². The number of nitrogens with zero attached hydrogens (tertiary/aromatic N) is 5. The quantitative estimate of drug-likeness (QED) is 0.186. The molecule has 1 heterocycles. The average molecular weight is 578 g/mol. The third-order valence-corrected chi connectivity index (χ3v) is 5.50. The van der Waals surface area contributed by atoms with E-state index < -0.39 is 55.9 Å². The Hall–Kier alpha value is -3.58. The van der Waals surface area contributed by atoms with Crippen molar-refractivity contribution in [3.8, 4) is 23.0 Å². The summed E-state index contributed by atoms with van der Waals surface area (Å²) in [7, 11) is 0. The van der Waals surface area contributed by atoms with Gasteiger partial charge in [-0.3, -0.25) is 10.1 Å². The van der Waals surface area contributed by atoms with Crippen LogP contribution in [0.15, 0.2) is 36.5 Å². The van der Waals surface area contributed by atoms with E-state index in [1.54, 1.807) is 6.07 Å². The number of halogens is 11. The van der Waals surface area contributed by atoms with Crippen LogP contribution in [0.2, 0.25) is 10.0 Å². The Morgan fingerprint density at radius 3 is 1.97 bits per heavy atom. The molecule has 3 aromatic rings. The van der Waals surface area contributed by atoms with E-state index in [9.17, 15) is 49.6 Å². The molecular formula is C19H6Cl2F9N5O2. The molecule has 196 valence electrons. The SMILES string of the molecule is N#Cc1ccc(-c2cn(-c3c(Cl)cc(C(F)(C(F)(F)F)C(F)(F)C(F)(F)F)cc3Cl)nn2)cc1[N+](=O)[O-]. The van der Waals surface area contributed by atoms with Gasteiger partial charge in [0.05, 0.1) is 21.2 Å². The van der Waals surface area contributed by atoms with Gasteiger partial charge in [0.1, 0.15) is 23.0 Å². The van der Waals surface area contributed by atoms with Gasteiger partial charge in [-0.2, -0.15) is 40.4 Å². The first-order valence-corrected chi connectivity index (χ1v) is 9.93. The number of nitriles is 1. The fourth-order valence-electron chi connectivity index (χ4n) is 3.14. The largest absolute Gasteiger partial charge is 0.457 e. The highest BCUT2D eigenvalue weighted by Crippen LogP contribution is 2.59. The number of hydrogen-bond donors (Lipinski definition) is 0. The van der Waals surface area contributed by atoms with E-state index >= 15 is 0 Å². The maximum Gasteiger partial charge on any atom is 0.457 e. The summed E-state index contributed by atoms with van der Waals surface area (Å²) < 4.78 is 121. The molecule has 0 spiro atoms. The minimum atomic E-state index is -6.95. The first-order valence-electron chi connectivity index (χ1n) is 9.18. The summed E-state index contributed by atoms with van der Waals surface area (Å²) in [6, 6.07) is 4.61. The van der Waals surface area contributed by atoms with E-state index in [1.165, 1.54) is 6.07 Å². The van der Waals surface area contributed by atoms with Crippen LogP contribution in [-0.4, -0.2) is 38.2 Å². The van der Waals surface area contributed by atoms with Gasteiger partial charge in [-0.25, -0.2) is 9.07 Å². The molecule has 0 aliphatic rings. The molecule has 2 aromatic carbocycles. The van der Waals surface area contributed by atoms with Crippen molar-refractivity contribution in [2.45, 2.75) is 23.9 Å². The van der Waals surface area contributed by atoms with Gasteiger partial charge in [-0.1, -0.05) is 34.5 Å². The molecule has 0 aliphatic carbocycles. The molecule has 0 saturated carbocycles. The number of rotatable bonds is 5. The molecule has 7 nitrogen and oxygen atoms in total. The zero-order chi connectivity index (χ0) is 28.1. The summed E-state index contributed by atoms with van der Waals surface area (Å²) >= 11 is 11.6. The summed E-state index contributed by atoms with van der Waals surface area (Å²) in [6.07, 6.45) is -12.7. The van der Waals surface area contributed by atoms with Gasteiger partial charge in [-0.05, 0) is 18.2 Å². The summed E-state index contributed by atoms with van der Waals surface area (Å²) in [5, 5.41) is 25.2. The van der Waals surface area contributed by atoms with E-state index in [0.717, 1.165) is 18.3 Å². The molecule has 1 aromatic heterocycles. The molecule has 0 fully saturated rings. The number of nitro groups is 1. The Morgan fingerprint density at radius 1 is 0.946 bits per heavy atom. The lowest BCUT2D eigenvalue weighted by Crippen LogP contribution is -2.59. The lowest BCUT2D eigenvalue weighted by Gasteiger charge is -2.36. The van der Waals surface area contributed by atoms with Crippen LogP contribution in [0.1, 0.15) is 11.1 Å². The molecule has 0 N–H and O–H groups in total. The van der Waals surface area contributed by atoms with Gasteiger partial charge in [0.2, 0.25) is 0 Å². The second kappa shape index (κ2) is 9.06. The van der Waals surface area contributed by atoms with Crippen LogP contribution in [0.25, 0.3) is 16.9 Å². The van der Waals surface area contributed by atoms with Gasteiger partial charge in [0.25, 0.3) is 5.69 Å². The zero-order valence-electron chi connectivity index (χ0n) is 17.2. The topological polar surface area (TPSA) is 97.6 Å².